The van der Waals surface area contributed by atoms with E-state index in [0.29, 0.717) is 20.9 Å². The van der Waals surface area contributed by atoms with Crippen molar-refractivity contribution in [2.45, 2.75) is 27.7 Å². The lowest BCUT2D eigenvalue weighted by atomic mass is 10.2. The number of aliphatic hydroxyl groups excluding tert-OH is 1. The van der Waals surface area contributed by atoms with Crippen LogP contribution in [0.4, 0.5) is 5.69 Å². The summed E-state index contributed by atoms with van der Waals surface area (Å²) in [4.78, 5) is 16.7. The molecule has 0 unspecified atom stereocenters. The van der Waals surface area contributed by atoms with Gasteiger partial charge in [-0.3, -0.25) is 0 Å². The molecular formula is C19H19BrClN3O3. The van der Waals surface area contributed by atoms with E-state index in [4.69, 9.17) is 16.3 Å². The number of aromatic nitrogens is 1. The van der Waals surface area contributed by atoms with Crippen molar-refractivity contribution < 1.29 is 14.6 Å². The first-order valence-corrected chi connectivity index (χ1v) is 9.34. The third-order valence-electron chi connectivity index (χ3n) is 3.75. The highest BCUT2D eigenvalue weighted by Crippen LogP contribution is 2.28. The highest BCUT2D eigenvalue weighted by atomic mass is 79.9. The SMILES string of the molecule is CCOC(=O)/C(N=Nc1ccc(Cl)cc1C)=C(/O)c1nc(C)c(C)cc1Br. The maximum atomic E-state index is 12.3. The second kappa shape index (κ2) is 9.10. The summed E-state index contributed by atoms with van der Waals surface area (Å²) in [7, 11) is 0. The van der Waals surface area contributed by atoms with Crippen LogP contribution >= 0.6 is 27.5 Å². The molecule has 0 saturated carbocycles. The monoisotopic (exact) mass is 451 g/mol. The molecule has 27 heavy (non-hydrogen) atoms. The van der Waals surface area contributed by atoms with Crippen LogP contribution in [0.15, 0.2) is 44.7 Å². The molecule has 0 saturated heterocycles. The molecule has 1 heterocycles. The summed E-state index contributed by atoms with van der Waals surface area (Å²) in [6.07, 6.45) is 0. The molecule has 0 spiro atoms. The minimum absolute atomic E-state index is 0.132. The fourth-order valence-electron chi connectivity index (χ4n) is 2.17. The Bertz CT molecular complexity index is 942. The molecule has 0 radical (unpaired) electrons. The second-order valence-corrected chi connectivity index (χ2v) is 7.06. The van der Waals surface area contributed by atoms with Crippen molar-refractivity contribution in [2.75, 3.05) is 6.61 Å². The molecule has 0 atom stereocenters. The van der Waals surface area contributed by atoms with Crippen molar-refractivity contribution in [1.29, 1.82) is 0 Å². The summed E-state index contributed by atoms with van der Waals surface area (Å²) in [5.74, 6) is -1.21. The third-order valence-corrected chi connectivity index (χ3v) is 4.59. The molecule has 0 bridgehead atoms. The first-order valence-electron chi connectivity index (χ1n) is 8.17. The Morgan fingerprint density at radius 3 is 2.59 bits per heavy atom. The summed E-state index contributed by atoms with van der Waals surface area (Å²) < 4.78 is 5.53. The maximum absolute atomic E-state index is 12.3. The number of halogens is 2. The van der Waals surface area contributed by atoms with E-state index < -0.39 is 11.7 Å². The minimum Gasteiger partial charge on any atom is -0.504 e. The lowest BCUT2D eigenvalue weighted by Gasteiger charge is -2.09. The highest BCUT2D eigenvalue weighted by Gasteiger charge is 2.21. The Morgan fingerprint density at radius 2 is 1.96 bits per heavy atom. The molecule has 1 N–H and O–H groups in total. The molecule has 0 amide bonds. The summed E-state index contributed by atoms with van der Waals surface area (Å²) in [5, 5.41) is 19.3. The van der Waals surface area contributed by atoms with E-state index in [1.807, 2.05) is 13.8 Å². The largest absolute Gasteiger partial charge is 0.504 e. The van der Waals surface area contributed by atoms with Gasteiger partial charge in [0.15, 0.2) is 5.76 Å². The first kappa shape index (κ1) is 21.1. The van der Waals surface area contributed by atoms with Crippen LogP contribution < -0.4 is 0 Å². The Kier molecular flexibility index (Phi) is 7.10. The van der Waals surface area contributed by atoms with Crippen LogP contribution in [-0.2, 0) is 9.53 Å². The van der Waals surface area contributed by atoms with E-state index in [0.717, 1.165) is 11.1 Å². The van der Waals surface area contributed by atoms with Crippen molar-refractivity contribution in [3.63, 3.8) is 0 Å². The number of carbonyl (C=O) groups excluding carboxylic acids is 1. The summed E-state index contributed by atoms with van der Waals surface area (Å²) in [6.45, 7) is 7.31. The standard InChI is InChI=1S/C19H19BrClN3O3/c1-5-27-19(26)17(24-23-15-7-6-13(21)8-11(15)3)18(25)16-14(20)9-10(2)12(4)22-16/h6-9,25H,5H2,1-4H3/b18-17-,24-23?. The number of pyridine rings is 1. The van der Waals surface area contributed by atoms with Crippen LogP contribution in [0.3, 0.4) is 0 Å². The Morgan fingerprint density at radius 1 is 1.26 bits per heavy atom. The molecule has 1 aromatic heterocycles. The summed E-state index contributed by atoms with van der Waals surface area (Å²) in [5.41, 5.74) is 2.80. The van der Waals surface area contributed by atoms with Crippen molar-refractivity contribution in [3.05, 3.63) is 62.0 Å². The zero-order chi connectivity index (χ0) is 20.1. The second-order valence-electron chi connectivity index (χ2n) is 5.77. The normalized spacial score (nSPS) is 12.2. The van der Waals surface area contributed by atoms with Gasteiger partial charge in [0.1, 0.15) is 5.69 Å². The van der Waals surface area contributed by atoms with Gasteiger partial charge in [0.05, 0.1) is 12.3 Å². The third kappa shape index (κ3) is 5.14. The molecule has 0 aliphatic rings. The molecule has 0 fully saturated rings. The first-order chi connectivity index (χ1) is 12.7. The van der Waals surface area contributed by atoms with Gasteiger partial charge in [-0.2, -0.15) is 0 Å². The van der Waals surface area contributed by atoms with Crippen LogP contribution in [0.1, 0.15) is 29.4 Å². The number of aryl methyl sites for hydroxylation is 3. The number of hydrogen-bond donors (Lipinski definition) is 1. The average molecular weight is 453 g/mol. The van der Waals surface area contributed by atoms with Gasteiger partial charge in [-0.15, -0.1) is 10.2 Å². The molecule has 2 aromatic rings. The zero-order valence-corrected chi connectivity index (χ0v) is 17.7. The van der Waals surface area contributed by atoms with Gasteiger partial charge in [0.25, 0.3) is 0 Å². The number of hydrogen-bond acceptors (Lipinski definition) is 6. The molecule has 2 rings (SSSR count). The number of azo groups is 1. The van der Waals surface area contributed by atoms with E-state index in [9.17, 15) is 9.90 Å². The van der Waals surface area contributed by atoms with E-state index in [-0.39, 0.29) is 18.0 Å². The van der Waals surface area contributed by atoms with Gasteiger partial charge in [0, 0.05) is 15.2 Å². The Labute approximate surface area is 171 Å². The van der Waals surface area contributed by atoms with Crippen molar-refractivity contribution in [1.82, 2.24) is 4.98 Å². The van der Waals surface area contributed by atoms with Crippen LogP contribution in [0.25, 0.3) is 5.76 Å². The fraction of sp³-hybridized carbons (Fsp3) is 0.263. The molecule has 0 aliphatic heterocycles. The Hall–Kier alpha value is -2.25. The van der Waals surface area contributed by atoms with Gasteiger partial charge in [-0.25, -0.2) is 9.78 Å². The highest BCUT2D eigenvalue weighted by molar-refractivity contribution is 9.10. The predicted molar refractivity (Wildman–Crippen MR) is 108 cm³/mol. The van der Waals surface area contributed by atoms with Gasteiger partial charge in [0.2, 0.25) is 5.70 Å². The Balaban J connectivity index is 2.57. The molecule has 6 nitrogen and oxygen atoms in total. The number of benzene rings is 1. The smallest absolute Gasteiger partial charge is 0.362 e. The quantitative estimate of drug-likeness (QED) is 0.261. The van der Waals surface area contributed by atoms with Crippen molar-refractivity contribution in [2.24, 2.45) is 10.2 Å². The number of carbonyl (C=O) groups is 1. The van der Waals surface area contributed by atoms with E-state index in [1.54, 1.807) is 38.1 Å². The number of esters is 1. The van der Waals surface area contributed by atoms with Crippen molar-refractivity contribution >= 4 is 44.9 Å². The van der Waals surface area contributed by atoms with Crippen LogP contribution in [-0.4, -0.2) is 22.7 Å². The van der Waals surface area contributed by atoms with Crippen LogP contribution in [0, 0.1) is 20.8 Å². The number of nitrogens with zero attached hydrogens (tertiary/aromatic N) is 3. The van der Waals surface area contributed by atoms with Crippen LogP contribution in [0.2, 0.25) is 5.02 Å². The van der Waals surface area contributed by atoms with Gasteiger partial charge in [-0.05, 0) is 79.0 Å². The van der Waals surface area contributed by atoms with E-state index in [1.165, 1.54) is 0 Å². The lowest BCUT2D eigenvalue weighted by Crippen LogP contribution is -2.09. The fourth-order valence-corrected chi connectivity index (χ4v) is 3.02. The maximum Gasteiger partial charge on any atom is 0.362 e. The summed E-state index contributed by atoms with van der Waals surface area (Å²) >= 11 is 9.30. The molecular weight excluding hydrogens is 434 g/mol. The average Bonchev–Trinajstić information content (AvgIpc) is 2.60. The molecule has 0 aliphatic carbocycles. The van der Waals surface area contributed by atoms with Gasteiger partial charge in [-0.1, -0.05) is 11.6 Å². The van der Waals surface area contributed by atoms with Crippen molar-refractivity contribution in [3.8, 4) is 0 Å². The topological polar surface area (TPSA) is 84.1 Å². The van der Waals surface area contributed by atoms with Gasteiger partial charge < -0.3 is 9.84 Å². The number of ether oxygens (including phenoxy) is 1. The van der Waals surface area contributed by atoms with Crippen LogP contribution in [0.5, 0.6) is 0 Å². The van der Waals surface area contributed by atoms with E-state index in [2.05, 4.69) is 31.1 Å². The molecule has 1 aromatic carbocycles. The number of aliphatic hydroxyl groups is 1. The lowest BCUT2D eigenvalue weighted by molar-refractivity contribution is -0.138. The minimum atomic E-state index is -0.794. The van der Waals surface area contributed by atoms with Gasteiger partial charge >= 0.3 is 5.97 Å². The number of rotatable bonds is 5. The predicted octanol–water partition coefficient (Wildman–Crippen LogP) is 6.00. The van der Waals surface area contributed by atoms with E-state index >= 15 is 0 Å². The summed E-state index contributed by atoms with van der Waals surface area (Å²) in [6, 6.07) is 6.87. The zero-order valence-electron chi connectivity index (χ0n) is 15.4. The molecule has 8 heteroatoms. The molecule has 142 valence electrons.